The summed E-state index contributed by atoms with van der Waals surface area (Å²) in [7, 11) is -3.96. The Morgan fingerprint density at radius 3 is 2.58 bits per heavy atom. The van der Waals surface area contributed by atoms with Gasteiger partial charge in [0.05, 0.1) is 23.7 Å². The molecule has 0 spiro atoms. The van der Waals surface area contributed by atoms with Gasteiger partial charge in [0.25, 0.3) is 5.91 Å². The van der Waals surface area contributed by atoms with Gasteiger partial charge in [0.1, 0.15) is 0 Å². The van der Waals surface area contributed by atoms with Gasteiger partial charge >= 0.3 is 5.97 Å². The van der Waals surface area contributed by atoms with E-state index in [1.165, 1.54) is 12.1 Å². The molecule has 1 unspecified atom stereocenters. The van der Waals surface area contributed by atoms with Crippen LogP contribution in [-0.2, 0) is 19.6 Å². The maximum absolute atomic E-state index is 12.7. The van der Waals surface area contributed by atoms with E-state index in [1.54, 1.807) is 13.0 Å². The Labute approximate surface area is 152 Å². The van der Waals surface area contributed by atoms with Crippen LogP contribution in [0.25, 0.3) is 0 Å². The number of carbonyl (C=O) groups is 2. The Bertz CT molecular complexity index is 774. The summed E-state index contributed by atoms with van der Waals surface area (Å²) in [6.07, 6.45) is 0.192. The van der Waals surface area contributed by atoms with Crippen molar-refractivity contribution in [2.75, 3.05) is 31.2 Å². The zero-order valence-electron chi connectivity index (χ0n) is 14.5. The lowest BCUT2D eigenvalue weighted by molar-refractivity contribution is -0.137. The first-order valence-corrected chi connectivity index (χ1v) is 9.75. The number of rotatable bonds is 7. The Morgan fingerprint density at radius 2 is 2.00 bits per heavy atom. The first kappa shape index (κ1) is 20.1. The number of nitrogens with one attached hydrogen (secondary N) is 1. The molecule has 0 aromatic heterocycles. The Balaban J connectivity index is 2.29. The molecule has 2 rings (SSSR count). The van der Waals surface area contributed by atoms with Crippen molar-refractivity contribution in [3.63, 3.8) is 0 Å². The number of sulfonamides is 1. The number of nitrogens with two attached hydrogens (primary N) is 1. The predicted octanol–water partition coefficient (Wildman–Crippen LogP) is 0.154. The van der Waals surface area contributed by atoms with E-state index in [0.717, 1.165) is 0 Å². The summed E-state index contributed by atoms with van der Waals surface area (Å²) in [4.78, 5) is 25.1. The van der Waals surface area contributed by atoms with Crippen molar-refractivity contribution in [3.05, 3.63) is 23.8 Å². The monoisotopic (exact) mass is 385 g/mol. The van der Waals surface area contributed by atoms with Crippen molar-refractivity contribution in [1.29, 1.82) is 0 Å². The summed E-state index contributed by atoms with van der Waals surface area (Å²) in [6, 6.07) is 3.79. The molecule has 1 amide bonds. The molecule has 1 saturated heterocycles. The topological polar surface area (TPSA) is 139 Å². The van der Waals surface area contributed by atoms with Crippen molar-refractivity contribution in [3.8, 4) is 0 Å². The highest BCUT2D eigenvalue weighted by Gasteiger charge is 2.22. The third-order valence-corrected chi connectivity index (χ3v) is 4.97. The van der Waals surface area contributed by atoms with Crippen LogP contribution < -0.4 is 15.4 Å². The number of hydrogen-bond donors (Lipinski definition) is 3. The molecule has 1 aromatic rings. The third-order valence-electron chi connectivity index (χ3n) is 4.06. The van der Waals surface area contributed by atoms with E-state index in [1.807, 2.05) is 4.90 Å². The molecule has 0 bridgehead atoms. The van der Waals surface area contributed by atoms with Crippen LogP contribution in [0.2, 0.25) is 0 Å². The van der Waals surface area contributed by atoms with E-state index in [9.17, 15) is 18.0 Å². The molecule has 144 valence electrons. The Hall–Kier alpha value is -2.17. The standard InChI is InChI=1S/C16H23N3O6S/c1-11(2-5-15(20)21)18-16(22)13-10-12(26(17,23)24)3-4-14(13)19-6-8-25-9-7-19/h3-4,10-11H,2,5-9H2,1H3,(H,18,22)(H,20,21)(H2,17,23,24). The van der Waals surface area contributed by atoms with Crippen LogP contribution in [0.3, 0.4) is 0 Å². The molecule has 1 aliphatic rings. The summed E-state index contributed by atoms with van der Waals surface area (Å²) < 4.78 is 28.6. The lowest BCUT2D eigenvalue weighted by Gasteiger charge is -2.30. The minimum Gasteiger partial charge on any atom is -0.481 e. The number of carboxylic acids is 1. The summed E-state index contributed by atoms with van der Waals surface area (Å²) in [5, 5.41) is 16.6. The van der Waals surface area contributed by atoms with E-state index in [2.05, 4.69) is 5.32 Å². The fourth-order valence-corrected chi connectivity index (χ4v) is 3.21. The number of anilines is 1. The molecule has 0 aliphatic carbocycles. The fraction of sp³-hybridized carbons (Fsp3) is 0.500. The number of benzene rings is 1. The second kappa shape index (κ2) is 8.47. The van der Waals surface area contributed by atoms with Crippen LogP contribution >= 0.6 is 0 Å². The summed E-state index contributed by atoms with van der Waals surface area (Å²) >= 11 is 0. The van der Waals surface area contributed by atoms with Crippen molar-refractivity contribution in [2.45, 2.75) is 30.7 Å². The summed E-state index contributed by atoms with van der Waals surface area (Å²) in [5.41, 5.74) is 0.768. The van der Waals surface area contributed by atoms with Crippen LogP contribution in [0.1, 0.15) is 30.1 Å². The van der Waals surface area contributed by atoms with Crippen LogP contribution in [0.5, 0.6) is 0 Å². The van der Waals surface area contributed by atoms with Gasteiger partial charge in [-0.1, -0.05) is 0 Å². The zero-order valence-corrected chi connectivity index (χ0v) is 15.3. The van der Waals surface area contributed by atoms with Crippen molar-refractivity contribution in [2.24, 2.45) is 5.14 Å². The highest BCUT2D eigenvalue weighted by atomic mass is 32.2. The van der Waals surface area contributed by atoms with E-state index < -0.39 is 21.9 Å². The first-order valence-electron chi connectivity index (χ1n) is 8.20. The minimum absolute atomic E-state index is 0.0744. The van der Waals surface area contributed by atoms with E-state index in [-0.39, 0.29) is 29.3 Å². The van der Waals surface area contributed by atoms with Crippen molar-refractivity contribution >= 4 is 27.6 Å². The van der Waals surface area contributed by atoms with Gasteiger partial charge in [0.2, 0.25) is 10.0 Å². The molecule has 9 nitrogen and oxygen atoms in total. The van der Waals surface area contributed by atoms with Crippen LogP contribution in [0.15, 0.2) is 23.1 Å². The van der Waals surface area contributed by atoms with Gasteiger partial charge < -0.3 is 20.1 Å². The second-order valence-electron chi connectivity index (χ2n) is 6.13. The van der Waals surface area contributed by atoms with Crippen molar-refractivity contribution < 1.29 is 27.9 Å². The lowest BCUT2D eigenvalue weighted by Crippen LogP contribution is -2.39. The van der Waals surface area contributed by atoms with Gasteiger partial charge in [-0.3, -0.25) is 9.59 Å². The zero-order chi connectivity index (χ0) is 19.3. The van der Waals surface area contributed by atoms with Gasteiger partial charge in [-0.15, -0.1) is 0 Å². The molecular formula is C16H23N3O6S. The normalized spacial score (nSPS) is 16.2. The third kappa shape index (κ3) is 5.41. The summed E-state index contributed by atoms with van der Waals surface area (Å²) in [5.74, 6) is -1.42. The molecule has 0 saturated carbocycles. The van der Waals surface area contributed by atoms with Crippen LogP contribution in [-0.4, -0.2) is 57.7 Å². The molecule has 1 aromatic carbocycles. The number of carbonyl (C=O) groups excluding carboxylic acids is 1. The molecule has 1 heterocycles. The Kier molecular flexibility index (Phi) is 6.57. The average Bonchev–Trinajstić information content (AvgIpc) is 2.59. The van der Waals surface area contributed by atoms with Crippen molar-refractivity contribution in [1.82, 2.24) is 5.32 Å². The summed E-state index contributed by atoms with van der Waals surface area (Å²) in [6.45, 7) is 3.85. The SMILES string of the molecule is CC(CCC(=O)O)NC(=O)c1cc(S(N)(=O)=O)ccc1N1CCOCC1. The second-order valence-corrected chi connectivity index (χ2v) is 7.69. The molecule has 1 atom stereocenters. The number of carboxylic acid groups (broad SMARTS) is 1. The molecule has 1 fully saturated rings. The van der Waals surface area contributed by atoms with Crippen LogP contribution in [0, 0.1) is 0 Å². The number of primary sulfonamides is 1. The largest absolute Gasteiger partial charge is 0.481 e. The number of hydrogen-bond acceptors (Lipinski definition) is 6. The average molecular weight is 385 g/mol. The molecule has 0 radical (unpaired) electrons. The number of morpholine rings is 1. The molecular weight excluding hydrogens is 362 g/mol. The number of aliphatic carboxylic acids is 1. The first-order chi connectivity index (χ1) is 12.2. The maximum atomic E-state index is 12.7. The minimum atomic E-state index is -3.96. The van der Waals surface area contributed by atoms with Gasteiger partial charge in [-0.05, 0) is 31.5 Å². The highest BCUT2D eigenvalue weighted by molar-refractivity contribution is 7.89. The Morgan fingerprint density at radius 1 is 1.35 bits per heavy atom. The lowest BCUT2D eigenvalue weighted by atomic mass is 10.1. The van der Waals surface area contributed by atoms with E-state index in [4.69, 9.17) is 15.0 Å². The molecule has 10 heteroatoms. The fourth-order valence-electron chi connectivity index (χ4n) is 2.67. The van der Waals surface area contributed by atoms with Gasteiger partial charge in [0, 0.05) is 31.2 Å². The number of nitrogens with zero attached hydrogens (tertiary/aromatic N) is 1. The quantitative estimate of drug-likeness (QED) is 0.607. The van der Waals surface area contributed by atoms with E-state index in [0.29, 0.717) is 32.0 Å². The smallest absolute Gasteiger partial charge is 0.303 e. The highest BCUT2D eigenvalue weighted by Crippen LogP contribution is 2.25. The van der Waals surface area contributed by atoms with Gasteiger partial charge in [0.15, 0.2) is 0 Å². The molecule has 26 heavy (non-hydrogen) atoms. The molecule has 4 N–H and O–H groups in total. The van der Waals surface area contributed by atoms with Gasteiger partial charge in [-0.25, -0.2) is 13.6 Å². The van der Waals surface area contributed by atoms with Gasteiger partial charge in [-0.2, -0.15) is 0 Å². The van der Waals surface area contributed by atoms with E-state index >= 15 is 0 Å². The number of amides is 1. The predicted molar refractivity (Wildman–Crippen MR) is 94.6 cm³/mol. The maximum Gasteiger partial charge on any atom is 0.303 e. The number of ether oxygens (including phenoxy) is 1. The molecule has 1 aliphatic heterocycles. The van der Waals surface area contributed by atoms with Crippen LogP contribution in [0.4, 0.5) is 5.69 Å².